The molecule has 0 bridgehead atoms. The van der Waals surface area contributed by atoms with Crippen molar-refractivity contribution in [1.29, 1.82) is 0 Å². The Hall–Kier alpha value is 0.230. The zero-order chi connectivity index (χ0) is 12.8. The molecule has 0 saturated heterocycles. The van der Waals surface area contributed by atoms with E-state index in [1.807, 2.05) is 12.1 Å². The van der Waals surface area contributed by atoms with Gasteiger partial charge in [0.2, 0.25) is 0 Å². The predicted molar refractivity (Wildman–Crippen MR) is 79.2 cm³/mol. The van der Waals surface area contributed by atoms with Crippen molar-refractivity contribution in [3.8, 4) is 0 Å². The van der Waals surface area contributed by atoms with Gasteiger partial charge in [-0.05, 0) is 34.1 Å². The average Bonchev–Trinajstić information content (AvgIpc) is 2.28. The second-order valence-electron chi connectivity index (χ2n) is 3.29. The first-order valence-electron chi connectivity index (χ1n) is 4.96. The number of carbonyl (C=O) groups is 1. The van der Waals surface area contributed by atoms with Gasteiger partial charge in [-0.3, -0.25) is 4.79 Å². The Kier molecular flexibility index (Phi) is 6.85. The molecule has 1 rings (SSSR count). The predicted octanol–water partition coefficient (Wildman–Crippen LogP) is 4.13. The van der Waals surface area contributed by atoms with E-state index in [1.54, 1.807) is 11.0 Å². The highest BCUT2D eigenvalue weighted by molar-refractivity contribution is 9.11. The molecule has 0 fully saturated rings. The van der Waals surface area contributed by atoms with Crippen LogP contribution < -0.4 is 0 Å². The van der Waals surface area contributed by atoms with Crippen LogP contribution in [-0.4, -0.2) is 35.7 Å². The van der Waals surface area contributed by atoms with Crippen molar-refractivity contribution < 1.29 is 4.79 Å². The molecule has 0 N–H and O–H groups in total. The van der Waals surface area contributed by atoms with Crippen molar-refractivity contribution in [2.24, 2.45) is 0 Å². The van der Waals surface area contributed by atoms with Gasteiger partial charge in [-0.2, -0.15) is 0 Å². The van der Waals surface area contributed by atoms with E-state index in [0.717, 1.165) is 8.95 Å². The van der Waals surface area contributed by atoms with Crippen LogP contribution in [0.5, 0.6) is 0 Å². The molecule has 0 atom stereocenters. The summed E-state index contributed by atoms with van der Waals surface area (Å²) in [5.74, 6) is 0.735. The van der Waals surface area contributed by atoms with Crippen molar-refractivity contribution in [1.82, 2.24) is 4.90 Å². The number of amides is 1. The summed E-state index contributed by atoms with van der Waals surface area (Å²) in [5, 5.41) is 0. The number of hydrogen-bond donors (Lipinski definition) is 0. The average molecular weight is 404 g/mol. The van der Waals surface area contributed by atoms with Crippen LogP contribution in [0.4, 0.5) is 0 Å². The number of rotatable bonds is 5. The lowest BCUT2D eigenvalue weighted by Gasteiger charge is -2.21. The van der Waals surface area contributed by atoms with E-state index in [9.17, 15) is 4.79 Å². The Labute approximate surface area is 128 Å². The van der Waals surface area contributed by atoms with Crippen LogP contribution in [0, 0.1) is 0 Å². The molecule has 17 heavy (non-hydrogen) atoms. The first-order chi connectivity index (χ1) is 8.10. The van der Waals surface area contributed by atoms with Crippen molar-refractivity contribution in [3.63, 3.8) is 0 Å². The van der Waals surface area contributed by atoms with E-state index in [4.69, 9.17) is 23.2 Å². The number of nitrogens with zero attached hydrogens (tertiary/aromatic N) is 1. The molecular weight excluding hydrogens is 393 g/mol. The van der Waals surface area contributed by atoms with Gasteiger partial charge in [0.15, 0.2) is 0 Å². The third-order valence-corrected chi connectivity index (χ3v) is 3.65. The third kappa shape index (κ3) is 4.43. The van der Waals surface area contributed by atoms with E-state index >= 15 is 0 Å². The minimum Gasteiger partial charge on any atom is -0.336 e. The van der Waals surface area contributed by atoms with Crippen molar-refractivity contribution in [3.05, 3.63) is 32.7 Å². The monoisotopic (exact) mass is 401 g/mol. The Balaban J connectivity index is 2.92. The summed E-state index contributed by atoms with van der Waals surface area (Å²) in [6.45, 7) is 0.991. The summed E-state index contributed by atoms with van der Waals surface area (Å²) < 4.78 is 1.67. The Morgan fingerprint density at radius 1 is 1.18 bits per heavy atom. The molecule has 1 amide bonds. The van der Waals surface area contributed by atoms with Crippen LogP contribution in [0.3, 0.4) is 0 Å². The van der Waals surface area contributed by atoms with Crippen molar-refractivity contribution >= 4 is 61.0 Å². The minimum absolute atomic E-state index is 0.0642. The van der Waals surface area contributed by atoms with Crippen LogP contribution in [0.1, 0.15) is 10.4 Å². The highest BCUT2D eigenvalue weighted by Gasteiger charge is 2.17. The first-order valence-corrected chi connectivity index (χ1v) is 7.62. The molecule has 1 aromatic rings. The fourth-order valence-electron chi connectivity index (χ4n) is 1.35. The second kappa shape index (κ2) is 7.62. The lowest BCUT2D eigenvalue weighted by Crippen LogP contribution is -2.34. The summed E-state index contributed by atoms with van der Waals surface area (Å²) in [6.07, 6.45) is 0. The molecule has 0 aromatic heterocycles. The van der Waals surface area contributed by atoms with Gasteiger partial charge in [-0.25, -0.2) is 0 Å². The molecule has 0 aliphatic carbocycles. The quantitative estimate of drug-likeness (QED) is 0.677. The molecule has 6 heteroatoms. The Morgan fingerprint density at radius 2 is 1.76 bits per heavy atom. The van der Waals surface area contributed by atoms with Gasteiger partial charge in [0, 0.05) is 33.8 Å². The fourth-order valence-corrected chi connectivity index (χ4v) is 2.98. The maximum Gasteiger partial charge on any atom is 0.255 e. The summed E-state index contributed by atoms with van der Waals surface area (Å²) in [4.78, 5) is 13.9. The van der Waals surface area contributed by atoms with Crippen LogP contribution in [0.25, 0.3) is 0 Å². The van der Waals surface area contributed by atoms with Gasteiger partial charge in [0.25, 0.3) is 5.91 Å². The lowest BCUT2D eigenvalue weighted by atomic mass is 10.2. The standard InChI is InChI=1S/C11H11Br2Cl2NO/c12-8-1-2-9(10(13)7-8)11(17)16(5-3-14)6-4-15/h1-2,7H,3-6H2. The highest BCUT2D eigenvalue weighted by Crippen LogP contribution is 2.23. The number of alkyl halides is 2. The van der Waals surface area contributed by atoms with Gasteiger partial charge >= 0.3 is 0 Å². The Morgan fingerprint density at radius 3 is 2.24 bits per heavy atom. The smallest absolute Gasteiger partial charge is 0.255 e. The third-order valence-electron chi connectivity index (χ3n) is 2.16. The zero-order valence-electron chi connectivity index (χ0n) is 8.93. The van der Waals surface area contributed by atoms with Crippen LogP contribution in [-0.2, 0) is 0 Å². The zero-order valence-corrected chi connectivity index (χ0v) is 13.6. The fraction of sp³-hybridized carbons (Fsp3) is 0.364. The number of benzene rings is 1. The molecule has 0 aliphatic heterocycles. The molecule has 0 unspecified atom stereocenters. The molecular formula is C11H11Br2Cl2NO. The lowest BCUT2D eigenvalue weighted by molar-refractivity contribution is 0.0774. The van der Waals surface area contributed by atoms with E-state index in [0.29, 0.717) is 30.4 Å². The second-order valence-corrected chi connectivity index (χ2v) is 5.82. The number of hydrogen-bond acceptors (Lipinski definition) is 1. The minimum atomic E-state index is -0.0642. The van der Waals surface area contributed by atoms with Crippen molar-refractivity contribution in [2.45, 2.75) is 0 Å². The van der Waals surface area contributed by atoms with Gasteiger partial charge < -0.3 is 4.90 Å². The molecule has 0 aliphatic rings. The molecule has 94 valence electrons. The molecule has 0 radical (unpaired) electrons. The van der Waals surface area contributed by atoms with Gasteiger partial charge in [-0.1, -0.05) is 15.9 Å². The number of carbonyl (C=O) groups excluding carboxylic acids is 1. The summed E-state index contributed by atoms with van der Waals surface area (Å²) >= 11 is 18.1. The van der Waals surface area contributed by atoms with Crippen LogP contribution in [0.15, 0.2) is 27.1 Å². The highest BCUT2D eigenvalue weighted by atomic mass is 79.9. The SMILES string of the molecule is O=C(c1ccc(Br)cc1Br)N(CCCl)CCCl. The topological polar surface area (TPSA) is 20.3 Å². The Bertz CT molecular complexity index is 395. The van der Waals surface area contributed by atoms with Crippen molar-refractivity contribution in [2.75, 3.05) is 24.8 Å². The van der Waals surface area contributed by atoms with Gasteiger partial charge in [0.05, 0.1) is 5.56 Å². The summed E-state index contributed by atoms with van der Waals surface area (Å²) in [7, 11) is 0. The van der Waals surface area contributed by atoms with E-state index in [2.05, 4.69) is 31.9 Å². The van der Waals surface area contributed by atoms with Gasteiger partial charge in [0.1, 0.15) is 0 Å². The van der Waals surface area contributed by atoms with E-state index in [-0.39, 0.29) is 5.91 Å². The normalized spacial score (nSPS) is 10.4. The van der Waals surface area contributed by atoms with Crippen LogP contribution in [0.2, 0.25) is 0 Å². The van der Waals surface area contributed by atoms with E-state index < -0.39 is 0 Å². The largest absolute Gasteiger partial charge is 0.336 e. The molecule has 2 nitrogen and oxygen atoms in total. The number of halogens is 4. The molecule has 1 aromatic carbocycles. The summed E-state index contributed by atoms with van der Waals surface area (Å²) in [5.41, 5.74) is 0.614. The summed E-state index contributed by atoms with van der Waals surface area (Å²) in [6, 6.07) is 5.44. The maximum absolute atomic E-state index is 12.2. The molecule has 0 spiro atoms. The van der Waals surface area contributed by atoms with Gasteiger partial charge in [-0.15, -0.1) is 23.2 Å². The maximum atomic E-state index is 12.2. The first kappa shape index (κ1) is 15.3. The van der Waals surface area contributed by atoms with E-state index in [1.165, 1.54) is 0 Å². The van der Waals surface area contributed by atoms with Crippen LogP contribution >= 0.6 is 55.1 Å². The molecule has 0 saturated carbocycles. The molecule has 0 heterocycles.